The first-order chi connectivity index (χ1) is 13.6. The molecule has 1 atom stereocenters. The maximum atomic E-state index is 13.2. The van der Waals surface area contributed by atoms with Crippen LogP contribution in [0.25, 0.3) is 10.6 Å². The largest absolute Gasteiger partial charge is 0.493 e. The van der Waals surface area contributed by atoms with Gasteiger partial charge in [0, 0.05) is 12.7 Å². The van der Waals surface area contributed by atoms with Gasteiger partial charge in [0.1, 0.15) is 0 Å². The predicted molar refractivity (Wildman–Crippen MR) is 110 cm³/mol. The van der Waals surface area contributed by atoms with Crippen molar-refractivity contribution in [1.82, 2.24) is 9.88 Å². The van der Waals surface area contributed by atoms with Crippen molar-refractivity contribution in [3.05, 3.63) is 64.7 Å². The number of rotatable bonds is 4. The van der Waals surface area contributed by atoms with Gasteiger partial charge >= 0.3 is 0 Å². The normalized spacial score (nSPS) is 15.8. The number of methoxy groups -OCH3 is 2. The van der Waals surface area contributed by atoms with Crippen LogP contribution in [0.2, 0.25) is 0 Å². The van der Waals surface area contributed by atoms with Gasteiger partial charge in [0.05, 0.1) is 35.7 Å². The summed E-state index contributed by atoms with van der Waals surface area (Å²) in [6, 6.07) is 13.7. The quantitative estimate of drug-likeness (QED) is 0.650. The van der Waals surface area contributed by atoms with Crippen LogP contribution < -0.4 is 9.47 Å². The molecule has 144 valence electrons. The molecule has 0 spiro atoms. The fourth-order valence-corrected chi connectivity index (χ4v) is 4.60. The summed E-state index contributed by atoms with van der Waals surface area (Å²) >= 11 is 1.49. The lowest BCUT2D eigenvalue weighted by Crippen LogP contribution is -2.38. The summed E-state index contributed by atoms with van der Waals surface area (Å²) in [4.78, 5) is 21.2. The number of carbonyl (C=O) groups excluding carboxylic acids is 1. The molecule has 0 fully saturated rings. The predicted octanol–water partition coefficient (Wildman–Crippen LogP) is 4.59. The van der Waals surface area contributed by atoms with E-state index in [9.17, 15) is 4.79 Å². The molecule has 0 saturated heterocycles. The molecular weight excluding hydrogens is 372 g/mol. The Labute approximate surface area is 168 Å². The lowest BCUT2D eigenvalue weighted by molar-refractivity contribution is 0.0682. The minimum Gasteiger partial charge on any atom is -0.493 e. The van der Waals surface area contributed by atoms with Crippen LogP contribution in [0, 0.1) is 0 Å². The van der Waals surface area contributed by atoms with Crippen LogP contribution in [0.4, 0.5) is 0 Å². The van der Waals surface area contributed by atoms with E-state index in [4.69, 9.17) is 9.47 Å². The Bertz CT molecular complexity index is 1000. The van der Waals surface area contributed by atoms with E-state index in [1.165, 1.54) is 16.9 Å². The van der Waals surface area contributed by atoms with Gasteiger partial charge in [0.15, 0.2) is 11.5 Å². The fraction of sp³-hybridized carbons (Fsp3) is 0.273. The summed E-state index contributed by atoms with van der Waals surface area (Å²) in [7, 11) is 3.27. The second-order valence-corrected chi connectivity index (χ2v) is 7.79. The molecule has 1 amide bonds. The molecule has 0 bridgehead atoms. The third-order valence-corrected chi connectivity index (χ3v) is 6.28. The number of pyridine rings is 1. The number of aromatic nitrogens is 1. The molecule has 4 rings (SSSR count). The van der Waals surface area contributed by atoms with Gasteiger partial charge in [-0.25, -0.2) is 0 Å². The molecule has 0 saturated carbocycles. The minimum absolute atomic E-state index is 0.0311. The number of fused-ring (bicyclic) bond motifs is 1. The first-order valence-electron chi connectivity index (χ1n) is 9.19. The average Bonchev–Trinajstić information content (AvgIpc) is 3.23. The zero-order valence-corrected chi connectivity index (χ0v) is 17.0. The van der Waals surface area contributed by atoms with E-state index in [-0.39, 0.29) is 11.9 Å². The number of carbonyl (C=O) groups is 1. The van der Waals surface area contributed by atoms with Crippen LogP contribution in [0.15, 0.2) is 48.7 Å². The molecular formula is C22H22N2O3S. The number of nitrogens with zero attached hydrogens (tertiary/aromatic N) is 2. The Morgan fingerprint density at radius 2 is 1.93 bits per heavy atom. The van der Waals surface area contributed by atoms with Crippen LogP contribution in [0.3, 0.4) is 0 Å². The van der Waals surface area contributed by atoms with Crippen LogP contribution in [-0.4, -0.2) is 36.6 Å². The minimum atomic E-state index is -0.0311. The van der Waals surface area contributed by atoms with Crippen molar-refractivity contribution < 1.29 is 14.3 Å². The van der Waals surface area contributed by atoms with E-state index in [0.29, 0.717) is 12.3 Å². The SMILES string of the molecule is COc1cc2c(cc1OC)[C@@H](C)N(C(=O)c1ccc(-c3ccccn3)s1)CC2. The van der Waals surface area contributed by atoms with Gasteiger partial charge in [0.25, 0.3) is 5.91 Å². The molecule has 0 N–H and O–H groups in total. The van der Waals surface area contributed by atoms with Crippen LogP contribution in [-0.2, 0) is 6.42 Å². The van der Waals surface area contributed by atoms with Crippen molar-refractivity contribution in [1.29, 1.82) is 0 Å². The molecule has 6 heteroatoms. The van der Waals surface area contributed by atoms with E-state index in [0.717, 1.165) is 33.2 Å². The van der Waals surface area contributed by atoms with E-state index in [1.807, 2.05) is 47.4 Å². The van der Waals surface area contributed by atoms with Crippen molar-refractivity contribution in [2.24, 2.45) is 0 Å². The Balaban J connectivity index is 1.61. The van der Waals surface area contributed by atoms with Crippen LogP contribution in [0.5, 0.6) is 11.5 Å². The summed E-state index contributed by atoms with van der Waals surface area (Å²) in [6.45, 7) is 2.74. The van der Waals surface area contributed by atoms with Gasteiger partial charge < -0.3 is 14.4 Å². The van der Waals surface area contributed by atoms with Gasteiger partial charge in [-0.15, -0.1) is 11.3 Å². The summed E-state index contributed by atoms with van der Waals surface area (Å²) < 4.78 is 10.9. The third kappa shape index (κ3) is 3.24. The number of amides is 1. The second kappa shape index (κ2) is 7.64. The maximum Gasteiger partial charge on any atom is 0.264 e. The Morgan fingerprint density at radius 1 is 1.14 bits per heavy atom. The van der Waals surface area contributed by atoms with Gasteiger partial charge in [0.2, 0.25) is 0 Å². The maximum absolute atomic E-state index is 13.2. The number of thiophene rings is 1. The van der Waals surface area contributed by atoms with Gasteiger partial charge in [-0.05, 0) is 60.9 Å². The summed E-state index contributed by atoms with van der Waals surface area (Å²) in [5, 5.41) is 0. The number of hydrogen-bond acceptors (Lipinski definition) is 5. The zero-order valence-electron chi connectivity index (χ0n) is 16.1. The zero-order chi connectivity index (χ0) is 19.7. The second-order valence-electron chi connectivity index (χ2n) is 6.71. The van der Waals surface area contributed by atoms with Gasteiger partial charge in [-0.2, -0.15) is 0 Å². The molecule has 0 aliphatic carbocycles. The Kier molecular flexibility index (Phi) is 5.05. The van der Waals surface area contributed by atoms with E-state index >= 15 is 0 Å². The summed E-state index contributed by atoms with van der Waals surface area (Å²) in [5.41, 5.74) is 3.20. The molecule has 3 heterocycles. The summed E-state index contributed by atoms with van der Waals surface area (Å²) in [6.07, 6.45) is 2.56. The number of ether oxygens (including phenoxy) is 2. The Morgan fingerprint density at radius 3 is 2.64 bits per heavy atom. The number of benzene rings is 1. The Hall–Kier alpha value is -2.86. The smallest absolute Gasteiger partial charge is 0.264 e. The van der Waals surface area contributed by atoms with E-state index in [1.54, 1.807) is 20.4 Å². The van der Waals surface area contributed by atoms with Crippen LogP contribution in [0.1, 0.15) is 33.8 Å². The molecule has 1 aliphatic rings. The van der Waals surface area contributed by atoms with Crippen molar-refractivity contribution in [2.75, 3.05) is 20.8 Å². The van der Waals surface area contributed by atoms with Crippen molar-refractivity contribution in [3.8, 4) is 22.1 Å². The highest BCUT2D eigenvalue weighted by molar-refractivity contribution is 7.17. The molecule has 5 nitrogen and oxygen atoms in total. The first-order valence-corrected chi connectivity index (χ1v) is 10.0. The van der Waals surface area contributed by atoms with Crippen molar-refractivity contribution in [2.45, 2.75) is 19.4 Å². The fourth-order valence-electron chi connectivity index (χ4n) is 3.66. The lowest BCUT2D eigenvalue weighted by Gasteiger charge is -2.35. The van der Waals surface area contributed by atoms with Crippen molar-refractivity contribution in [3.63, 3.8) is 0 Å². The molecule has 2 aromatic heterocycles. The van der Waals surface area contributed by atoms with Gasteiger partial charge in [-0.3, -0.25) is 9.78 Å². The standard InChI is InChI=1S/C22H22N2O3S/c1-14-16-13-19(27-3)18(26-2)12-15(16)9-11-24(14)22(25)21-8-7-20(28-21)17-6-4-5-10-23-17/h4-8,10,12-14H,9,11H2,1-3H3/t14-/m1/s1. The molecule has 0 radical (unpaired) electrons. The van der Waals surface area contributed by atoms with E-state index in [2.05, 4.69) is 11.9 Å². The van der Waals surface area contributed by atoms with Gasteiger partial charge in [-0.1, -0.05) is 6.07 Å². The highest BCUT2D eigenvalue weighted by atomic mass is 32.1. The molecule has 1 aliphatic heterocycles. The molecule has 0 unspecified atom stereocenters. The lowest BCUT2D eigenvalue weighted by atomic mass is 9.92. The molecule has 28 heavy (non-hydrogen) atoms. The van der Waals surface area contributed by atoms with Crippen LogP contribution >= 0.6 is 11.3 Å². The molecule has 3 aromatic rings. The van der Waals surface area contributed by atoms with E-state index < -0.39 is 0 Å². The molecule has 1 aromatic carbocycles. The first kappa shape index (κ1) is 18.5. The van der Waals surface area contributed by atoms with Crippen molar-refractivity contribution >= 4 is 17.2 Å². The highest BCUT2D eigenvalue weighted by Crippen LogP contribution is 2.39. The third-order valence-electron chi connectivity index (χ3n) is 5.18. The topological polar surface area (TPSA) is 51.7 Å². The monoisotopic (exact) mass is 394 g/mol. The highest BCUT2D eigenvalue weighted by Gasteiger charge is 2.30. The number of hydrogen-bond donors (Lipinski definition) is 0. The summed E-state index contributed by atoms with van der Waals surface area (Å²) in [5.74, 6) is 1.47. The average molecular weight is 394 g/mol.